The van der Waals surface area contributed by atoms with Crippen LogP contribution in [0.5, 0.6) is 5.75 Å². The number of Topliss-reactive ketones (excluding diaryl/α,β-unsaturated/α-hetero) is 1. The lowest BCUT2D eigenvalue weighted by Gasteiger charge is -2.09. The van der Waals surface area contributed by atoms with E-state index in [0.29, 0.717) is 25.0 Å². The zero-order valence-corrected chi connectivity index (χ0v) is 19.6. The van der Waals surface area contributed by atoms with Gasteiger partial charge >= 0.3 is 0 Å². The maximum absolute atomic E-state index is 12.5. The molecule has 0 saturated carbocycles. The number of halogens is 2. The van der Waals surface area contributed by atoms with Gasteiger partial charge in [-0.15, -0.1) is 12.4 Å². The number of rotatable bonds is 11. The van der Waals surface area contributed by atoms with Gasteiger partial charge in [0.05, 0.1) is 6.61 Å². The third kappa shape index (κ3) is 7.19. The lowest BCUT2D eigenvalue weighted by Crippen LogP contribution is -2.18. The first-order valence-corrected chi connectivity index (χ1v) is 12.1. The number of ketones is 1. The van der Waals surface area contributed by atoms with Crippen molar-refractivity contribution >= 4 is 39.8 Å². The number of hydrogen-bond acceptors (Lipinski definition) is 5. The third-order valence-corrected chi connectivity index (χ3v) is 6.45. The number of primary sulfonamides is 1. The minimum atomic E-state index is -3.94. The molecule has 2 aromatic carbocycles. The van der Waals surface area contributed by atoms with Gasteiger partial charge in [-0.25, -0.2) is 13.6 Å². The second kappa shape index (κ2) is 11.8. The summed E-state index contributed by atoms with van der Waals surface area (Å²) in [5.74, 6) is 0.221. The lowest BCUT2D eigenvalue weighted by atomic mass is 10.0. The number of unbranched alkanes of at least 4 members (excludes halogenated alkanes) is 2. The molecule has 0 spiro atoms. The molecule has 1 aliphatic heterocycles. The highest BCUT2D eigenvalue weighted by Crippen LogP contribution is 2.34. The Bertz CT molecular complexity index is 1010. The minimum Gasteiger partial charge on any atom is -0.492 e. The van der Waals surface area contributed by atoms with Crippen LogP contribution in [0.1, 0.15) is 47.2 Å². The number of fused-ring (bicyclic) bond motifs is 1. The van der Waals surface area contributed by atoms with E-state index in [4.69, 9.17) is 21.5 Å². The highest BCUT2D eigenvalue weighted by molar-refractivity contribution is 7.89. The first-order chi connectivity index (χ1) is 14.4. The molecule has 0 unspecified atom stereocenters. The average Bonchev–Trinajstić information content (AvgIpc) is 3.18. The molecule has 170 valence electrons. The first kappa shape index (κ1) is 25.6. The van der Waals surface area contributed by atoms with Gasteiger partial charge in [0.1, 0.15) is 10.6 Å². The van der Waals surface area contributed by atoms with Gasteiger partial charge in [0, 0.05) is 23.4 Å². The summed E-state index contributed by atoms with van der Waals surface area (Å²) in [4.78, 5) is 12.4. The summed E-state index contributed by atoms with van der Waals surface area (Å²) in [6.07, 6.45) is 4.48. The molecule has 1 aliphatic rings. The summed E-state index contributed by atoms with van der Waals surface area (Å²) >= 11 is 6.14. The molecule has 0 atom stereocenters. The quantitative estimate of drug-likeness (QED) is 0.370. The predicted molar refractivity (Wildman–Crippen MR) is 125 cm³/mol. The van der Waals surface area contributed by atoms with Crippen LogP contribution in [-0.4, -0.2) is 33.9 Å². The summed E-state index contributed by atoms with van der Waals surface area (Å²) in [6, 6.07) is 10.9. The standard InChI is InChI=1S/C22H27ClN2O4S.ClH/c23-19-7-4-3-6-16(19)9-12-25-11-5-1-2-8-20(26)18-14-17-10-13-29-22(17)21(15-18)30(24,27)28;/h3-4,6-7,14-15,25H,1-2,5,8-13H2,(H2,24,27,28);1H. The number of sulfonamides is 1. The molecule has 2 aromatic rings. The van der Waals surface area contributed by atoms with Crippen LogP contribution in [-0.2, 0) is 22.9 Å². The highest BCUT2D eigenvalue weighted by Gasteiger charge is 2.25. The van der Waals surface area contributed by atoms with E-state index in [1.54, 1.807) is 6.07 Å². The maximum atomic E-state index is 12.5. The molecular formula is C22H28Cl2N2O4S. The second-order valence-electron chi connectivity index (χ2n) is 7.43. The third-order valence-electron chi connectivity index (χ3n) is 5.16. The van der Waals surface area contributed by atoms with E-state index < -0.39 is 10.0 Å². The second-order valence-corrected chi connectivity index (χ2v) is 9.37. The molecule has 1 heterocycles. The fraction of sp³-hybridized carbons (Fsp3) is 0.409. The molecule has 0 bridgehead atoms. The molecular weight excluding hydrogens is 459 g/mol. The molecule has 31 heavy (non-hydrogen) atoms. The zero-order chi connectivity index (χ0) is 21.6. The molecule has 0 aromatic heterocycles. The fourth-order valence-corrected chi connectivity index (χ4v) is 4.52. The van der Waals surface area contributed by atoms with Gasteiger partial charge in [0.2, 0.25) is 10.0 Å². The summed E-state index contributed by atoms with van der Waals surface area (Å²) in [5, 5.41) is 9.48. The molecule has 3 rings (SSSR count). The highest BCUT2D eigenvalue weighted by atomic mass is 35.5. The SMILES string of the molecule is Cl.NS(=O)(=O)c1cc(C(=O)CCCCCNCCc2ccccc2Cl)cc2c1OCC2. The Labute approximate surface area is 195 Å². The molecule has 6 nitrogen and oxygen atoms in total. The number of hydrogen-bond donors (Lipinski definition) is 2. The average molecular weight is 487 g/mol. The number of nitrogens with two attached hydrogens (primary N) is 1. The van der Waals surface area contributed by atoms with Crippen molar-refractivity contribution in [2.75, 3.05) is 19.7 Å². The Balaban J connectivity index is 0.00000341. The Morgan fingerprint density at radius 3 is 2.65 bits per heavy atom. The van der Waals surface area contributed by atoms with Crippen molar-refractivity contribution in [3.63, 3.8) is 0 Å². The monoisotopic (exact) mass is 486 g/mol. The normalized spacial score (nSPS) is 12.7. The fourth-order valence-electron chi connectivity index (χ4n) is 3.55. The maximum Gasteiger partial charge on any atom is 0.241 e. The van der Waals surface area contributed by atoms with E-state index >= 15 is 0 Å². The van der Waals surface area contributed by atoms with Gasteiger partial charge in [-0.05, 0) is 61.7 Å². The minimum absolute atomic E-state index is 0. The molecule has 0 radical (unpaired) electrons. The Morgan fingerprint density at radius 1 is 1.13 bits per heavy atom. The Kier molecular flexibility index (Phi) is 9.78. The number of ether oxygens (including phenoxy) is 1. The van der Waals surface area contributed by atoms with Crippen LogP contribution in [0.25, 0.3) is 0 Å². The van der Waals surface area contributed by atoms with Crippen molar-refractivity contribution in [2.45, 2.75) is 43.4 Å². The van der Waals surface area contributed by atoms with E-state index in [1.807, 2.05) is 24.3 Å². The molecule has 0 fully saturated rings. The molecule has 9 heteroatoms. The molecule has 0 saturated heterocycles. The van der Waals surface area contributed by atoms with Crippen LogP contribution in [0.3, 0.4) is 0 Å². The van der Waals surface area contributed by atoms with Gasteiger partial charge in [-0.1, -0.05) is 36.2 Å². The first-order valence-electron chi connectivity index (χ1n) is 10.2. The van der Waals surface area contributed by atoms with Gasteiger partial charge in [-0.3, -0.25) is 4.79 Å². The largest absolute Gasteiger partial charge is 0.492 e. The summed E-state index contributed by atoms with van der Waals surface area (Å²) in [7, 11) is -3.94. The van der Waals surface area contributed by atoms with Crippen LogP contribution < -0.4 is 15.2 Å². The number of benzene rings is 2. The zero-order valence-electron chi connectivity index (χ0n) is 17.2. The Hall–Kier alpha value is -1.64. The van der Waals surface area contributed by atoms with Crippen molar-refractivity contribution in [3.05, 3.63) is 58.1 Å². The van der Waals surface area contributed by atoms with Gasteiger partial charge < -0.3 is 10.1 Å². The number of nitrogens with one attached hydrogen (secondary N) is 1. The van der Waals surface area contributed by atoms with Crippen molar-refractivity contribution in [1.29, 1.82) is 0 Å². The van der Waals surface area contributed by atoms with E-state index in [2.05, 4.69) is 5.32 Å². The van der Waals surface area contributed by atoms with Crippen molar-refractivity contribution in [3.8, 4) is 5.75 Å². The van der Waals surface area contributed by atoms with Crippen LogP contribution >= 0.6 is 24.0 Å². The van der Waals surface area contributed by atoms with Gasteiger partial charge in [-0.2, -0.15) is 0 Å². The number of carbonyl (C=O) groups excluding carboxylic acids is 1. The molecule has 0 aliphatic carbocycles. The number of carbonyl (C=O) groups is 1. The van der Waals surface area contributed by atoms with Gasteiger partial charge in [0.15, 0.2) is 5.78 Å². The summed E-state index contributed by atoms with van der Waals surface area (Å²) in [6.45, 7) is 2.14. The molecule has 3 N–H and O–H groups in total. The van der Waals surface area contributed by atoms with Gasteiger partial charge in [0.25, 0.3) is 0 Å². The molecule has 0 amide bonds. The van der Waals surface area contributed by atoms with Crippen molar-refractivity contribution in [1.82, 2.24) is 5.32 Å². The van der Waals surface area contributed by atoms with Crippen molar-refractivity contribution in [2.24, 2.45) is 5.14 Å². The van der Waals surface area contributed by atoms with Crippen molar-refractivity contribution < 1.29 is 17.9 Å². The van der Waals surface area contributed by atoms with Crippen LogP contribution in [0.15, 0.2) is 41.3 Å². The smallest absolute Gasteiger partial charge is 0.241 e. The topological polar surface area (TPSA) is 98.5 Å². The summed E-state index contributed by atoms with van der Waals surface area (Å²) in [5.41, 5.74) is 2.25. The Morgan fingerprint density at radius 2 is 1.90 bits per heavy atom. The van der Waals surface area contributed by atoms with E-state index in [-0.39, 0.29) is 28.8 Å². The van der Waals surface area contributed by atoms with E-state index in [0.717, 1.165) is 54.9 Å². The van der Waals surface area contributed by atoms with Crippen LogP contribution in [0.2, 0.25) is 5.02 Å². The van der Waals surface area contributed by atoms with Crippen LogP contribution in [0.4, 0.5) is 0 Å². The van der Waals surface area contributed by atoms with E-state index in [1.165, 1.54) is 6.07 Å². The predicted octanol–water partition coefficient (Wildman–Crippen LogP) is 3.92. The van der Waals surface area contributed by atoms with E-state index in [9.17, 15) is 13.2 Å². The van der Waals surface area contributed by atoms with Crippen LogP contribution in [0, 0.1) is 0 Å². The summed E-state index contributed by atoms with van der Waals surface area (Å²) < 4.78 is 29.1. The lowest BCUT2D eigenvalue weighted by molar-refractivity contribution is 0.0979.